The second-order valence-electron chi connectivity index (χ2n) is 16.5. The molecule has 2 bridgehead atoms. The second kappa shape index (κ2) is 15.5. The molecule has 2 aromatic rings. The van der Waals surface area contributed by atoms with Gasteiger partial charge in [-0.2, -0.15) is 11.8 Å². The van der Waals surface area contributed by atoms with Crippen LogP contribution in [0.3, 0.4) is 0 Å². The Bertz CT molecular complexity index is 1340. The number of carboxylic acid groups (broad SMARTS) is 1. The zero-order valence-electron chi connectivity index (χ0n) is 30.7. The van der Waals surface area contributed by atoms with Crippen LogP contribution in [-0.4, -0.2) is 41.8 Å². The summed E-state index contributed by atoms with van der Waals surface area (Å²) in [5.41, 5.74) is 4.95. The molecule has 0 aliphatic carbocycles. The number of rotatable bonds is 5. The highest BCUT2D eigenvalue weighted by Crippen LogP contribution is 2.52. The predicted molar refractivity (Wildman–Crippen MR) is 194 cm³/mol. The second-order valence-corrected chi connectivity index (χ2v) is 18.8. The average molecular weight is 689 g/mol. The number of carboxylic acids is 1. The van der Waals surface area contributed by atoms with E-state index >= 15 is 0 Å². The van der Waals surface area contributed by atoms with Crippen molar-refractivity contribution in [1.29, 1.82) is 0 Å². The molecule has 7 nitrogen and oxygen atoms in total. The fraction of sp³-hybridized carbons (Fsp3) is 0.632. The van der Waals surface area contributed by atoms with E-state index in [4.69, 9.17) is 18.3 Å². The first kappa shape index (κ1) is 39.2. The molecule has 2 aromatic carbocycles. The molecule has 2 heterocycles. The number of thioether (sulfide) groups is 1. The average Bonchev–Trinajstić information content (AvgIpc) is 2.92. The molecule has 0 fully saturated rings. The lowest BCUT2D eigenvalue weighted by molar-refractivity contribution is -0.143. The van der Waals surface area contributed by atoms with Gasteiger partial charge in [0.1, 0.15) is 18.1 Å². The Labute approximate surface area is 288 Å². The third-order valence-corrected chi connectivity index (χ3v) is 9.99. The Kier molecular flexibility index (Phi) is 12.9. The third-order valence-electron chi connectivity index (χ3n) is 8.02. The van der Waals surface area contributed by atoms with Crippen molar-refractivity contribution in [3.05, 3.63) is 57.6 Å². The first-order chi connectivity index (χ1) is 21.6. The maximum absolute atomic E-state index is 12.5. The zero-order valence-corrected chi connectivity index (χ0v) is 32.4. The van der Waals surface area contributed by atoms with Crippen LogP contribution in [0.25, 0.3) is 0 Å². The first-order valence-corrected chi connectivity index (χ1v) is 18.9. The van der Waals surface area contributed by atoms with Crippen molar-refractivity contribution in [1.82, 2.24) is 0 Å². The molecule has 0 saturated heterocycles. The van der Waals surface area contributed by atoms with Crippen molar-refractivity contribution in [3.8, 4) is 11.5 Å². The van der Waals surface area contributed by atoms with E-state index in [9.17, 15) is 14.7 Å². The number of carbonyl (C=O) groups excluding carboxylic acids is 1. The monoisotopic (exact) mass is 688 g/mol. The van der Waals surface area contributed by atoms with E-state index < -0.39 is 14.6 Å². The summed E-state index contributed by atoms with van der Waals surface area (Å²) >= 11 is 1.66. The van der Waals surface area contributed by atoms with Crippen LogP contribution in [0.1, 0.15) is 129 Å². The van der Waals surface area contributed by atoms with Crippen LogP contribution in [0.4, 0.5) is 0 Å². The number of fused-ring (bicyclic) bond motifs is 13. The van der Waals surface area contributed by atoms with E-state index in [1.165, 1.54) is 0 Å². The van der Waals surface area contributed by atoms with E-state index in [0.717, 1.165) is 44.9 Å². The molecule has 1 unspecified atom stereocenters. The molecule has 0 radical (unpaired) electrons. The number of aryl methyl sites for hydroxylation is 2. The maximum Gasteiger partial charge on any atom is 0.463 e. The standard InChI is InChI=1S/C38H57O7PS/c1-35(2,3)27-21-25(13-15-31(39)40)22-28(36(4,5)6)33(27)44-46-43-18-20-47-19-17-42-32(41)16-14-26-23-29(37(7,8)9)34(45-46)30(24-26)38(10,11)12/h21-24H,13-20H2,1-12H3,(H,39,40). The molecule has 0 spiro atoms. The number of hydrogen-bond acceptors (Lipinski definition) is 7. The summed E-state index contributed by atoms with van der Waals surface area (Å²) in [6.45, 7) is 26.7. The predicted octanol–water partition coefficient (Wildman–Crippen LogP) is 9.82. The molecule has 1 N–H and O–H groups in total. The van der Waals surface area contributed by atoms with E-state index in [1.807, 2.05) is 0 Å². The molecule has 47 heavy (non-hydrogen) atoms. The lowest BCUT2D eigenvalue weighted by atomic mass is 9.78. The number of benzene rings is 2. The summed E-state index contributed by atoms with van der Waals surface area (Å²) in [7, 11) is -1.92. The molecule has 2 aliphatic rings. The molecule has 2 aliphatic heterocycles. The van der Waals surface area contributed by atoms with Crippen molar-refractivity contribution < 1.29 is 33.0 Å². The van der Waals surface area contributed by atoms with Gasteiger partial charge in [-0.3, -0.25) is 14.1 Å². The highest BCUT2D eigenvalue weighted by Gasteiger charge is 2.35. The van der Waals surface area contributed by atoms with Gasteiger partial charge in [0, 0.05) is 46.6 Å². The van der Waals surface area contributed by atoms with Crippen molar-refractivity contribution in [3.63, 3.8) is 0 Å². The van der Waals surface area contributed by atoms with Gasteiger partial charge in [-0.25, -0.2) is 0 Å². The summed E-state index contributed by atoms with van der Waals surface area (Å²) in [6, 6.07) is 8.50. The minimum absolute atomic E-state index is 0.0598. The van der Waals surface area contributed by atoms with Gasteiger partial charge >= 0.3 is 20.5 Å². The number of esters is 1. The molecule has 0 saturated carbocycles. The third kappa shape index (κ3) is 11.4. The van der Waals surface area contributed by atoms with Crippen molar-refractivity contribution in [2.45, 2.75) is 130 Å². The van der Waals surface area contributed by atoms with E-state index in [0.29, 0.717) is 44.0 Å². The lowest BCUT2D eigenvalue weighted by Crippen LogP contribution is -2.22. The minimum atomic E-state index is -1.92. The Morgan fingerprint density at radius 3 is 1.79 bits per heavy atom. The molecule has 1 atom stereocenters. The van der Waals surface area contributed by atoms with Crippen molar-refractivity contribution in [2.24, 2.45) is 0 Å². The van der Waals surface area contributed by atoms with Gasteiger partial charge < -0.3 is 18.9 Å². The normalized spacial score (nSPS) is 17.6. The van der Waals surface area contributed by atoms with Crippen molar-refractivity contribution in [2.75, 3.05) is 24.7 Å². The van der Waals surface area contributed by atoms with E-state index in [2.05, 4.69) is 107 Å². The van der Waals surface area contributed by atoms with Crippen LogP contribution in [-0.2, 0) is 53.4 Å². The molecule has 0 amide bonds. The van der Waals surface area contributed by atoms with Gasteiger partial charge in [0.15, 0.2) is 0 Å². The van der Waals surface area contributed by atoms with Gasteiger partial charge in [-0.15, -0.1) is 0 Å². The van der Waals surface area contributed by atoms with Crippen LogP contribution < -0.4 is 9.05 Å². The number of aliphatic carboxylic acids is 1. The van der Waals surface area contributed by atoms with Gasteiger partial charge in [-0.05, 0) is 45.6 Å². The summed E-state index contributed by atoms with van der Waals surface area (Å²) in [4.78, 5) is 24.0. The fourth-order valence-corrected chi connectivity index (χ4v) is 7.17. The quantitative estimate of drug-likeness (QED) is 0.245. The van der Waals surface area contributed by atoms with E-state index in [-0.39, 0.29) is 34.1 Å². The van der Waals surface area contributed by atoms with Crippen molar-refractivity contribution >= 4 is 32.3 Å². The first-order valence-electron chi connectivity index (χ1n) is 16.7. The van der Waals surface area contributed by atoms with Gasteiger partial charge in [0.05, 0.1) is 6.61 Å². The van der Waals surface area contributed by atoms with Crippen LogP contribution >= 0.6 is 20.4 Å². The van der Waals surface area contributed by atoms with Crippen LogP contribution in [0.2, 0.25) is 0 Å². The highest BCUT2D eigenvalue weighted by atomic mass is 32.2. The van der Waals surface area contributed by atoms with Gasteiger partial charge in [-0.1, -0.05) is 107 Å². The lowest BCUT2D eigenvalue weighted by Gasteiger charge is -2.34. The molecular weight excluding hydrogens is 631 g/mol. The molecule has 9 heteroatoms. The Morgan fingerprint density at radius 2 is 1.30 bits per heavy atom. The smallest absolute Gasteiger partial charge is 0.463 e. The Morgan fingerprint density at radius 1 is 0.787 bits per heavy atom. The van der Waals surface area contributed by atoms with Gasteiger partial charge in [0.2, 0.25) is 0 Å². The molecule has 0 aromatic heterocycles. The van der Waals surface area contributed by atoms with E-state index in [1.54, 1.807) is 11.8 Å². The summed E-state index contributed by atoms with van der Waals surface area (Å²) in [5, 5.41) is 9.43. The number of hydrogen-bond donors (Lipinski definition) is 1. The van der Waals surface area contributed by atoms with Gasteiger partial charge in [0.25, 0.3) is 0 Å². The number of carbonyl (C=O) groups is 2. The molecule has 262 valence electrons. The highest BCUT2D eigenvalue weighted by molar-refractivity contribution is 7.99. The van der Waals surface area contributed by atoms with Crippen LogP contribution in [0.5, 0.6) is 11.5 Å². The maximum atomic E-state index is 12.5. The topological polar surface area (TPSA) is 91.3 Å². The summed E-state index contributed by atoms with van der Waals surface area (Å²) in [5.74, 6) is 1.87. The summed E-state index contributed by atoms with van der Waals surface area (Å²) < 4.78 is 26.0. The summed E-state index contributed by atoms with van der Waals surface area (Å²) in [6.07, 6.45) is 1.40. The minimum Gasteiger partial charge on any atom is -0.481 e. The Balaban J connectivity index is 2.25. The SMILES string of the molecule is CC(C)(C)c1cc(CCC(=O)O)cc(C(C)(C)C)c1OP1OCCSCCOC(=O)CCc2cc(C(C)(C)C)c(c(C(C)(C)C)c2)O1. The largest absolute Gasteiger partial charge is 0.481 e. The fourth-order valence-electron chi connectivity index (χ4n) is 5.37. The zero-order chi connectivity index (χ0) is 35.4. The number of ether oxygens (including phenoxy) is 1. The molecular formula is C38H57O7PS. The Hall–Kier alpha value is -2.28. The van der Waals surface area contributed by atoms with Crippen LogP contribution in [0.15, 0.2) is 24.3 Å². The van der Waals surface area contributed by atoms with Crippen LogP contribution in [0, 0.1) is 0 Å². The molecule has 4 rings (SSSR count).